The highest BCUT2D eigenvalue weighted by atomic mass is 35.5. The van der Waals surface area contributed by atoms with Gasteiger partial charge < -0.3 is 22.3 Å². The summed E-state index contributed by atoms with van der Waals surface area (Å²) < 4.78 is 0. The van der Waals surface area contributed by atoms with E-state index in [1.165, 1.54) is 6.07 Å². The second-order valence-corrected chi connectivity index (χ2v) is 5.38. The molecule has 0 aromatic heterocycles. The van der Waals surface area contributed by atoms with Crippen molar-refractivity contribution in [2.75, 3.05) is 13.1 Å². The Balaban J connectivity index is 0. The van der Waals surface area contributed by atoms with Gasteiger partial charge in [-0.05, 0) is 37.6 Å². The molecule has 6 nitrogen and oxygen atoms in total. The Morgan fingerprint density at radius 3 is 2.25 bits per heavy atom. The van der Waals surface area contributed by atoms with Gasteiger partial charge in [0.05, 0.1) is 5.02 Å². The van der Waals surface area contributed by atoms with Crippen LogP contribution in [0.4, 0.5) is 0 Å². The molecule has 24 heavy (non-hydrogen) atoms. The van der Waals surface area contributed by atoms with Gasteiger partial charge in [0.1, 0.15) is 6.04 Å². The van der Waals surface area contributed by atoms with Gasteiger partial charge in [0.2, 0.25) is 0 Å². The van der Waals surface area contributed by atoms with Crippen molar-refractivity contribution in [3.63, 3.8) is 0 Å². The standard InChI is InChI=1S/C7H4Cl2O.C6H14N2O2.C3H7N/c8-6-2-1-5(4-10)7(9)3-6;7-4-2-1-3-5(8)6(9)10;1-2-3-4/h1-4H;5H,1-4,7-8H2,(H,9,10);2H,1,3-4H2/t;5-;/m.0./s1. The van der Waals surface area contributed by atoms with E-state index in [1.54, 1.807) is 18.2 Å². The summed E-state index contributed by atoms with van der Waals surface area (Å²) in [6.07, 6.45) is 4.51. The van der Waals surface area contributed by atoms with E-state index >= 15 is 0 Å². The summed E-state index contributed by atoms with van der Waals surface area (Å²) in [5.74, 6) is -0.933. The average Bonchev–Trinajstić information content (AvgIpc) is 2.56. The quantitative estimate of drug-likeness (QED) is 0.327. The van der Waals surface area contributed by atoms with E-state index in [2.05, 4.69) is 6.58 Å². The molecule has 7 N–H and O–H groups in total. The number of aliphatic carboxylic acids is 1. The summed E-state index contributed by atoms with van der Waals surface area (Å²) in [7, 11) is 0. The topological polar surface area (TPSA) is 132 Å². The highest BCUT2D eigenvalue weighted by Crippen LogP contribution is 2.18. The van der Waals surface area contributed by atoms with Crippen molar-refractivity contribution >= 4 is 35.5 Å². The molecule has 0 aliphatic carbocycles. The van der Waals surface area contributed by atoms with Crippen LogP contribution in [-0.4, -0.2) is 36.5 Å². The summed E-state index contributed by atoms with van der Waals surface area (Å²) >= 11 is 11.2. The van der Waals surface area contributed by atoms with Gasteiger partial charge in [0.15, 0.2) is 6.29 Å². The van der Waals surface area contributed by atoms with Crippen LogP contribution in [0.2, 0.25) is 10.0 Å². The van der Waals surface area contributed by atoms with E-state index in [-0.39, 0.29) is 0 Å². The van der Waals surface area contributed by atoms with Crippen molar-refractivity contribution in [1.29, 1.82) is 0 Å². The van der Waals surface area contributed by atoms with Gasteiger partial charge >= 0.3 is 5.97 Å². The van der Waals surface area contributed by atoms with Gasteiger partial charge in [-0.25, -0.2) is 0 Å². The van der Waals surface area contributed by atoms with Crippen molar-refractivity contribution in [2.45, 2.75) is 25.3 Å². The van der Waals surface area contributed by atoms with Gasteiger partial charge in [0.25, 0.3) is 0 Å². The molecule has 0 saturated carbocycles. The zero-order chi connectivity index (χ0) is 19.0. The molecule has 0 amide bonds. The maximum atomic E-state index is 10.2. The molecule has 0 aliphatic rings. The summed E-state index contributed by atoms with van der Waals surface area (Å²) in [5, 5.41) is 9.25. The fourth-order valence-corrected chi connectivity index (χ4v) is 1.68. The first kappa shape index (κ1) is 24.8. The largest absolute Gasteiger partial charge is 0.480 e. The minimum atomic E-state index is -0.933. The first-order chi connectivity index (χ1) is 11.3. The van der Waals surface area contributed by atoms with E-state index < -0.39 is 12.0 Å². The Kier molecular flexibility index (Phi) is 17.0. The maximum Gasteiger partial charge on any atom is 0.320 e. The first-order valence-electron chi connectivity index (χ1n) is 7.23. The van der Waals surface area contributed by atoms with Crippen molar-refractivity contribution < 1.29 is 14.7 Å². The summed E-state index contributed by atoms with van der Waals surface area (Å²) in [4.78, 5) is 20.3. The SMILES string of the molecule is C=CCN.NCCCC[C@H](N)C(=O)O.O=Cc1ccc(Cl)cc1Cl. The smallest absolute Gasteiger partial charge is 0.320 e. The lowest BCUT2D eigenvalue weighted by molar-refractivity contribution is -0.138. The van der Waals surface area contributed by atoms with Gasteiger partial charge in [-0.3, -0.25) is 9.59 Å². The molecule has 1 aromatic rings. The van der Waals surface area contributed by atoms with E-state index in [0.29, 0.717) is 41.4 Å². The summed E-state index contributed by atoms with van der Waals surface area (Å²) in [6.45, 7) is 4.54. The van der Waals surface area contributed by atoms with Gasteiger partial charge in [-0.1, -0.05) is 35.7 Å². The number of hydrogen-bond donors (Lipinski definition) is 4. The van der Waals surface area contributed by atoms with Crippen LogP contribution in [0.15, 0.2) is 30.9 Å². The summed E-state index contributed by atoms with van der Waals surface area (Å²) in [5.41, 5.74) is 15.8. The van der Waals surface area contributed by atoms with Gasteiger partial charge in [-0.2, -0.15) is 0 Å². The number of hydrogen-bond acceptors (Lipinski definition) is 5. The van der Waals surface area contributed by atoms with E-state index in [0.717, 1.165) is 12.8 Å². The highest BCUT2D eigenvalue weighted by Gasteiger charge is 2.09. The third-order valence-corrected chi connectivity index (χ3v) is 3.11. The number of carbonyl (C=O) groups is 2. The lowest BCUT2D eigenvalue weighted by Crippen LogP contribution is -2.29. The normalized spacial score (nSPS) is 10.4. The second-order valence-electron chi connectivity index (χ2n) is 4.54. The second kappa shape index (κ2) is 16.4. The molecule has 0 spiro atoms. The number of carboxylic acid groups (broad SMARTS) is 1. The number of aldehydes is 1. The van der Waals surface area contributed by atoms with Crippen molar-refractivity contribution in [2.24, 2.45) is 17.2 Å². The van der Waals surface area contributed by atoms with Crippen LogP contribution >= 0.6 is 23.2 Å². The Labute approximate surface area is 152 Å². The Morgan fingerprint density at radius 2 is 1.88 bits per heavy atom. The number of rotatable bonds is 7. The van der Waals surface area contributed by atoms with Crippen LogP contribution in [-0.2, 0) is 4.79 Å². The lowest BCUT2D eigenvalue weighted by Gasteiger charge is -2.03. The predicted molar refractivity (Wildman–Crippen MR) is 99.6 cm³/mol. The Hall–Kier alpha value is -1.44. The summed E-state index contributed by atoms with van der Waals surface area (Å²) in [6, 6.07) is 4.02. The number of carbonyl (C=O) groups excluding carboxylic acids is 1. The van der Waals surface area contributed by atoms with Crippen LogP contribution in [0, 0.1) is 0 Å². The molecule has 1 atom stereocenters. The molecule has 0 heterocycles. The molecule has 1 rings (SSSR count). The number of nitrogens with two attached hydrogens (primary N) is 3. The fraction of sp³-hybridized carbons (Fsp3) is 0.375. The molecule has 0 fully saturated rings. The number of unbranched alkanes of at least 4 members (excludes halogenated alkanes) is 1. The fourth-order valence-electron chi connectivity index (χ4n) is 1.23. The van der Waals surface area contributed by atoms with Crippen LogP contribution in [0.5, 0.6) is 0 Å². The number of carboxylic acids is 1. The maximum absolute atomic E-state index is 10.2. The molecule has 0 radical (unpaired) electrons. The zero-order valence-electron chi connectivity index (χ0n) is 13.5. The van der Waals surface area contributed by atoms with E-state index in [1.807, 2.05) is 0 Å². The van der Waals surface area contributed by atoms with Crippen molar-refractivity contribution in [3.05, 3.63) is 46.5 Å². The van der Waals surface area contributed by atoms with Gasteiger partial charge in [-0.15, -0.1) is 6.58 Å². The first-order valence-corrected chi connectivity index (χ1v) is 7.99. The van der Waals surface area contributed by atoms with Crippen molar-refractivity contribution in [3.8, 4) is 0 Å². The molecule has 136 valence electrons. The minimum Gasteiger partial charge on any atom is -0.480 e. The molecular weight excluding hydrogens is 353 g/mol. The zero-order valence-corrected chi connectivity index (χ0v) is 15.0. The monoisotopic (exact) mass is 377 g/mol. The molecule has 8 heteroatoms. The van der Waals surface area contributed by atoms with Gasteiger partial charge in [0, 0.05) is 17.1 Å². The molecule has 0 saturated heterocycles. The third kappa shape index (κ3) is 14.2. The number of halogens is 2. The average molecular weight is 378 g/mol. The predicted octanol–water partition coefficient (Wildman–Crippen LogP) is 2.46. The van der Waals surface area contributed by atoms with Crippen LogP contribution in [0.3, 0.4) is 0 Å². The van der Waals surface area contributed by atoms with E-state index in [4.69, 9.17) is 45.5 Å². The molecule has 0 aliphatic heterocycles. The van der Waals surface area contributed by atoms with Crippen LogP contribution < -0.4 is 17.2 Å². The van der Waals surface area contributed by atoms with Crippen molar-refractivity contribution in [1.82, 2.24) is 0 Å². The number of benzene rings is 1. The van der Waals surface area contributed by atoms with Crippen LogP contribution in [0.25, 0.3) is 0 Å². The highest BCUT2D eigenvalue weighted by molar-refractivity contribution is 6.36. The molecule has 0 bridgehead atoms. The Bertz CT molecular complexity index is 499. The lowest BCUT2D eigenvalue weighted by atomic mass is 10.1. The molecule has 0 unspecified atom stereocenters. The van der Waals surface area contributed by atoms with E-state index in [9.17, 15) is 9.59 Å². The minimum absolute atomic E-state index is 0.391. The third-order valence-electron chi connectivity index (χ3n) is 2.54. The van der Waals surface area contributed by atoms with Crippen LogP contribution in [0.1, 0.15) is 29.6 Å². The molecular formula is C16H25Cl2N3O3. The Morgan fingerprint density at radius 1 is 1.29 bits per heavy atom. The molecule has 1 aromatic carbocycles.